The number of aromatic nitrogens is 1. The van der Waals surface area contributed by atoms with Crippen LogP contribution in [0.3, 0.4) is 0 Å². The van der Waals surface area contributed by atoms with E-state index in [0.29, 0.717) is 0 Å². The summed E-state index contributed by atoms with van der Waals surface area (Å²) in [6, 6.07) is 12.6. The van der Waals surface area contributed by atoms with Crippen molar-refractivity contribution >= 4 is 5.71 Å². The molecule has 3 aromatic rings. The third kappa shape index (κ3) is 3.58. The number of piperidine rings is 1. The summed E-state index contributed by atoms with van der Waals surface area (Å²) in [5, 5.41) is 12.7. The molecule has 0 amide bonds. The number of likely N-dealkylation sites (tertiary alicyclic amines) is 1. The number of furan rings is 1. The number of pyridine rings is 1. The normalized spacial score (nSPS) is 18.3. The number of rotatable bonds is 4. The van der Waals surface area contributed by atoms with Crippen LogP contribution in [0.4, 0.5) is 0 Å². The van der Waals surface area contributed by atoms with Crippen LogP contribution in [0.1, 0.15) is 42.6 Å². The first-order valence-electron chi connectivity index (χ1n) is 10.4. The molecule has 5 rings (SSSR count). The summed E-state index contributed by atoms with van der Waals surface area (Å²) < 4.78 is 6.43. The first kappa shape index (κ1) is 18.1. The van der Waals surface area contributed by atoms with E-state index in [1.165, 1.54) is 24.8 Å². The van der Waals surface area contributed by atoms with Crippen LogP contribution in [-0.4, -0.2) is 33.9 Å². The fourth-order valence-corrected chi connectivity index (χ4v) is 4.53. The molecule has 2 aliphatic rings. The summed E-state index contributed by atoms with van der Waals surface area (Å²) in [6.07, 6.45) is 9.19. The molecule has 0 radical (unpaired) electrons. The smallest absolute Gasteiger partial charge is 0.142 e. The first-order valence-corrected chi connectivity index (χ1v) is 10.4. The van der Waals surface area contributed by atoms with Crippen LogP contribution in [0.5, 0.6) is 0 Å². The minimum absolute atomic E-state index is 0.770. The molecule has 3 heterocycles. The quantitative estimate of drug-likeness (QED) is 0.499. The minimum Gasteiger partial charge on any atom is -0.459 e. The van der Waals surface area contributed by atoms with E-state index in [1.54, 1.807) is 0 Å². The lowest BCUT2D eigenvalue weighted by Crippen LogP contribution is -2.28. The predicted octanol–water partition coefficient (Wildman–Crippen LogP) is 5.12. The third-order valence-electron chi connectivity index (χ3n) is 6.03. The minimum atomic E-state index is 0.770. The fourth-order valence-electron chi connectivity index (χ4n) is 4.53. The number of hydrogen-bond donors (Lipinski definition) is 1. The van der Waals surface area contributed by atoms with Crippen LogP contribution < -0.4 is 0 Å². The van der Waals surface area contributed by atoms with Crippen LogP contribution in [0, 0.1) is 0 Å². The molecular formula is C24H25N3O2. The molecule has 1 aliphatic carbocycles. The highest BCUT2D eigenvalue weighted by Crippen LogP contribution is 2.37. The molecular weight excluding hydrogens is 362 g/mol. The molecule has 0 spiro atoms. The van der Waals surface area contributed by atoms with E-state index in [0.717, 1.165) is 72.0 Å². The zero-order valence-electron chi connectivity index (χ0n) is 16.5. The van der Waals surface area contributed by atoms with Gasteiger partial charge in [0, 0.05) is 29.1 Å². The lowest BCUT2D eigenvalue weighted by Gasteiger charge is -2.25. The van der Waals surface area contributed by atoms with Gasteiger partial charge in [-0.05, 0) is 74.2 Å². The second-order valence-electron chi connectivity index (χ2n) is 7.95. The Hall–Kier alpha value is -2.92. The Morgan fingerprint density at radius 2 is 1.76 bits per heavy atom. The zero-order chi connectivity index (χ0) is 19.6. The van der Waals surface area contributed by atoms with Gasteiger partial charge in [0.05, 0.1) is 12.3 Å². The van der Waals surface area contributed by atoms with Crippen molar-refractivity contribution in [1.82, 2.24) is 9.88 Å². The molecule has 0 unspecified atom stereocenters. The van der Waals surface area contributed by atoms with Crippen molar-refractivity contribution in [2.24, 2.45) is 5.16 Å². The van der Waals surface area contributed by atoms with Gasteiger partial charge in [0.2, 0.25) is 0 Å². The number of oxime groups is 1. The van der Waals surface area contributed by atoms with E-state index >= 15 is 0 Å². The van der Waals surface area contributed by atoms with Crippen molar-refractivity contribution in [3.63, 3.8) is 0 Å². The molecule has 0 atom stereocenters. The maximum absolute atomic E-state index is 9.21. The van der Waals surface area contributed by atoms with Crippen molar-refractivity contribution in [1.29, 1.82) is 0 Å². The first-order chi connectivity index (χ1) is 14.3. The summed E-state index contributed by atoms with van der Waals surface area (Å²) >= 11 is 0. The average Bonchev–Trinajstić information content (AvgIpc) is 3.38. The van der Waals surface area contributed by atoms with Crippen LogP contribution in [0.2, 0.25) is 0 Å². The van der Waals surface area contributed by atoms with Crippen molar-refractivity contribution in [3.8, 4) is 22.5 Å². The van der Waals surface area contributed by atoms with Crippen LogP contribution in [0.15, 0.2) is 58.4 Å². The van der Waals surface area contributed by atoms with E-state index < -0.39 is 0 Å². The fraction of sp³-hybridized carbons (Fsp3) is 0.333. The van der Waals surface area contributed by atoms with Gasteiger partial charge < -0.3 is 9.62 Å². The van der Waals surface area contributed by atoms with Crippen molar-refractivity contribution in [3.05, 3.63) is 65.7 Å². The van der Waals surface area contributed by atoms with Crippen LogP contribution >= 0.6 is 0 Å². The largest absolute Gasteiger partial charge is 0.459 e. The monoisotopic (exact) mass is 387 g/mol. The molecule has 1 N–H and O–H groups in total. The van der Waals surface area contributed by atoms with Gasteiger partial charge in [-0.15, -0.1) is 0 Å². The van der Waals surface area contributed by atoms with E-state index in [2.05, 4.69) is 39.3 Å². The highest BCUT2D eigenvalue weighted by molar-refractivity contribution is 6.04. The Kier molecular flexibility index (Phi) is 4.90. The second kappa shape index (κ2) is 7.84. The number of fused-ring (bicyclic) bond motifs is 1. The van der Waals surface area contributed by atoms with Gasteiger partial charge in [-0.25, -0.2) is 0 Å². The molecule has 5 nitrogen and oxygen atoms in total. The van der Waals surface area contributed by atoms with Crippen LogP contribution in [0.25, 0.3) is 22.5 Å². The summed E-state index contributed by atoms with van der Waals surface area (Å²) in [5.74, 6) is 1.91. The molecule has 29 heavy (non-hydrogen) atoms. The van der Waals surface area contributed by atoms with E-state index in [-0.39, 0.29) is 0 Å². The van der Waals surface area contributed by atoms with Gasteiger partial charge in [0.1, 0.15) is 11.5 Å². The Bertz CT molecular complexity index is 1030. The Labute approximate surface area is 170 Å². The van der Waals surface area contributed by atoms with Gasteiger partial charge >= 0.3 is 0 Å². The van der Waals surface area contributed by atoms with Crippen LogP contribution in [-0.2, 0) is 13.0 Å². The molecule has 2 aromatic heterocycles. The lowest BCUT2D eigenvalue weighted by atomic mass is 9.99. The van der Waals surface area contributed by atoms with Crippen molar-refractivity contribution in [2.45, 2.75) is 38.6 Å². The Balaban J connectivity index is 1.54. The second-order valence-corrected chi connectivity index (χ2v) is 7.95. The summed E-state index contributed by atoms with van der Waals surface area (Å²) in [5.41, 5.74) is 6.31. The lowest BCUT2D eigenvalue weighted by molar-refractivity contribution is 0.206. The van der Waals surface area contributed by atoms with E-state index in [1.807, 2.05) is 24.5 Å². The SMILES string of the molecule is O/N=C1\CCc2cc(-c3oc(CN4CCCCC4)cc3-c3ccncc3)ccc21. The summed E-state index contributed by atoms with van der Waals surface area (Å²) in [6.45, 7) is 3.13. The standard InChI is InChI=1S/C24H25N3O2/c28-26-23-7-5-18-14-19(4-6-21(18)23)24-22(17-8-10-25-11-9-17)15-20(29-24)16-27-12-2-1-3-13-27/h4,6,8-11,14-15,28H,1-3,5,7,12-13,16H2/b26-23+. The summed E-state index contributed by atoms with van der Waals surface area (Å²) in [7, 11) is 0. The number of nitrogens with zero attached hydrogens (tertiary/aromatic N) is 3. The Morgan fingerprint density at radius 1 is 0.931 bits per heavy atom. The molecule has 1 fully saturated rings. The third-order valence-corrected chi connectivity index (χ3v) is 6.03. The maximum atomic E-state index is 9.21. The van der Waals surface area contributed by atoms with Gasteiger partial charge in [0.25, 0.3) is 0 Å². The molecule has 1 saturated heterocycles. The molecule has 0 bridgehead atoms. The molecule has 5 heteroatoms. The van der Waals surface area contributed by atoms with Gasteiger partial charge in [-0.3, -0.25) is 9.88 Å². The van der Waals surface area contributed by atoms with E-state index in [9.17, 15) is 5.21 Å². The van der Waals surface area contributed by atoms with Crippen molar-refractivity contribution in [2.75, 3.05) is 13.1 Å². The van der Waals surface area contributed by atoms with Gasteiger partial charge in [-0.1, -0.05) is 23.7 Å². The topological polar surface area (TPSA) is 61.9 Å². The molecule has 1 aliphatic heterocycles. The predicted molar refractivity (Wildman–Crippen MR) is 113 cm³/mol. The summed E-state index contributed by atoms with van der Waals surface area (Å²) in [4.78, 5) is 6.64. The van der Waals surface area contributed by atoms with Crippen molar-refractivity contribution < 1.29 is 9.62 Å². The maximum Gasteiger partial charge on any atom is 0.142 e. The van der Waals surface area contributed by atoms with Gasteiger partial charge in [0.15, 0.2) is 0 Å². The van der Waals surface area contributed by atoms with Gasteiger partial charge in [-0.2, -0.15) is 0 Å². The molecule has 1 aromatic carbocycles. The highest BCUT2D eigenvalue weighted by Gasteiger charge is 2.22. The average molecular weight is 387 g/mol. The number of hydrogen-bond acceptors (Lipinski definition) is 5. The molecule has 148 valence electrons. The zero-order valence-corrected chi connectivity index (χ0v) is 16.5. The molecule has 0 saturated carbocycles. The van der Waals surface area contributed by atoms with E-state index in [4.69, 9.17) is 4.42 Å². The Morgan fingerprint density at radius 3 is 2.55 bits per heavy atom. The number of benzene rings is 1. The number of aryl methyl sites for hydroxylation is 1. The highest BCUT2D eigenvalue weighted by atomic mass is 16.4.